The molecule has 5 rings (SSSR count). The Morgan fingerprint density at radius 1 is 1.03 bits per heavy atom. The number of benzene rings is 3. The first-order valence-electron chi connectivity index (χ1n) is 12.1. The Kier molecular flexibility index (Phi) is 7.64. The molecule has 1 saturated heterocycles. The number of nitrogens with one attached hydrogen (secondary N) is 1. The molecule has 3 aromatic carbocycles. The highest BCUT2D eigenvalue weighted by Crippen LogP contribution is 2.35. The van der Waals surface area contributed by atoms with Gasteiger partial charge in [-0.05, 0) is 59.2 Å². The van der Waals surface area contributed by atoms with E-state index in [-0.39, 0.29) is 12.5 Å². The summed E-state index contributed by atoms with van der Waals surface area (Å²) < 4.78 is 11.3. The van der Waals surface area contributed by atoms with Gasteiger partial charge in [-0.15, -0.1) is 0 Å². The highest BCUT2D eigenvalue weighted by atomic mass is 35.5. The summed E-state index contributed by atoms with van der Waals surface area (Å²) in [6.07, 6.45) is 5.74. The van der Waals surface area contributed by atoms with E-state index in [4.69, 9.17) is 21.1 Å². The third-order valence-corrected chi connectivity index (χ3v) is 6.58. The van der Waals surface area contributed by atoms with Gasteiger partial charge in [0.1, 0.15) is 5.75 Å². The largest absolute Gasteiger partial charge is 0.483 e. The van der Waals surface area contributed by atoms with E-state index in [1.54, 1.807) is 6.21 Å². The van der Waals surface area contributed by atoms with Crippen LogP contribution in [0.4, 0.5) is 0 Å². The van der Waals surface area contributed by atoms with Crippen LogP contribution < -0.4 is 10.2 Å². The number of hydrazone groups is 1. The predicted octanol–water partition coefficient (Wildman–Crippen LogP) is 5.44. The van der Waals surface area contributed by atoms with E-state index < -0.39 is 0 Å². The SMILES string of the molecule is O=C(COc1cccc2ccccc12)N/N=C/C1=C(N2CCOCC2)C(=C\c2ccc(Cl)cc2)/CC1. The van der Waals surface area contributed by atoms with E-state index in [0.717, 1.165) is 52.9 Å². The number of ether oxygens (including phenoxy) is 2. The Bertz CT molecular complexity index is 1320. The average Bonchev–Trinajstić information content (AvgIpc) is 3.31. The van der Waals surface area contributed by atoms with Crippen molar-refractivity contribution < 1.29 is 14.3 Å². The lowest BCUT2D eigenvalue weighted by molar-refractivity contribution is -0.123. The smallest absolute Gasteiger partial charge is 0.277 e. The normalized spacial score (nSPS) is 17.4. The van der Waals surface area contributed by atoms with Crippen LogP contribution >= 0.6 is 11.6 Å². The van der Waals surface area contributed by atoms with Crippen LogP contribution in [0.5, 0.6) is 5.75 Å². The van der Waals surface area contributed by atoms with Crippen molar-refractivity contribution in [2.75, 3.05) is 32.9 Å². The minimum atomic E-state index is -0.303. The molecule has 1 amide bonds. The average molecular weight is 502 g/mol. The molecule has 0 bridgehead atoms. The second-order valence-corrected chi connectivity index (χ2v) is 9.19. The number of rotatable bonds is 7. The van der Waals surface area contributed by atoms with Crippen LogP contribution in [-0.2, 0) is 9.53 Å². The van der Waals surface area contributed by atoms with Gasteiger partial charge >= 0.3 is 0 Å². The number of carbonyl (C=O) groups excluding carboxylic acids is 1. The van der Waals surface area contributed by atoms with Crippen LogP contribution in [0.2, 0.25) is 5.02 Å². The van der Waals surface area contributed by atoms with Crippen molar-refractivity contribution in [3.05, 3.63) is 94.2 Å². The van der Waals surface area contributed by atoms with Crippen LogP contribution in [0.15, 0.2) is 88.7 Å². The molecular weight excluding hydrogens is 474 g/mol. The first-order chi connectivity index (χ1) is 17.7. The predicted molar refractivity (Wildman–Crippen MR) is 144 cm³/mol. The highest BCUT2D eigenvalue weighted by Gasteiger charge is 2.25. The maximum absolute atomic E-state index is 12.4. The third kappa shape index (κ3) is 5.78. The van der Waals surface area contributed by atoms with Crippen molar-refractivity contribution in [3.8, 4) is 5.75 Å². The van der Waals surface area contributed by atoms with Crippen molar-refractivity contribution in [1.29, 1.82) is 0 Å². The number of morpholine rings is 1. The number of hydrogen-bond donors (Lipinski definition) is 1. The van der Waals surface area contributed by atoms with E-state index >= 15 is 0 Å². The van der Waals surface area contributed by atoms with Crippen LogP contribution in [0.1, 0.15) is 18.4 Å². The molecule has 1 heterocycles. The minimum Gasteiger partial charge on any atom is -0.483 e. The quantitative estimate of drug-likeness (QED) is 0.346. The van der Waals surface area contributed by atoms with Crippen LogP contribution in [-0.4, -0.2) is 49.9 Å². The summed E-state index contributed by atoms with van der Waals surface area (Å²) in [5, 5.41) is 7.03. The molecule has 1 aliphatic heterocycles. The van der Waals surface area contributed by atoms with Gasteiger partial charge < -0.3 is 14.4 Å². The van der Waals surface area contributed by atoms with E-state index in [0.29, 0.717) is 19.0 Å². The van der Waals surface area contributed by atoms with Crippen molar-refractivity contribution in [3.63, 3.8) is 0 Å². The second kappa shape index (κ2) is 11.4. The van der Waals surface area contributed by atoms with Crippen molar-refractivity contribution >= 4 is 40.6 Å². The number of amides is 1. The molecule has 36 heavy (non-hydrogen) atoms. The third-order valence-electron chi connectivity index (χ3n) is 6.33. The zero-order valence-electron chi connectivity index (χ0n) is 20.0. The Morgan fingerprint density at radius 3 is 2.64 bits per heavy atom. The molecular formula is C29H28ClN3O3. The minimum absolute atomic E-state index is 0.109. The van der Waals surface area contributed by atoms with E-state index in [9.17, 15) is 4.79 Å². The highest BCUT2D eigenvalue weighted by molar-refractivity contribution is 6.30. The maximum atomic E-state index is 12.4. The van der Waals surface area contributed by atoms with Crippen LogP contribution in [0, 0.1) is 0 Å². The van der Waals surface area contributed by atoms with E-state index in [2.05, 4.69) is 21.5 Å². The molecule has 1 fully saturated rings. The fourth-order valence-electron chi connectivity index (χ4n) is 4.61. The molecule has 0 saturated carbocycles. The van der Waals surface area contributed by atoms with Gasteiger partial charge in [-0.25, -0.2) is 5.43 Å². The molecule has 0 radical (unpaired) electrons. The molecule has 2 aliphatic rings. The summed E-state index contributed by atoms with van der Waals surface area (Å²) in [5.41, 5.74) is 7.26. The Morgan fingerprint density at radius 2 is 1.81 bits per heavy atom. The van der Waals surface area contributed by atoms with Crippen molar-refractivity contribution in [2.24, 2.45) is 5.10 Å². The first-order valence-corrected chi connectivity index (χ1v) is 12.5. The summed E-state index contributed by atoms with van der Waals surface area (Å²) >= 11 is 6.05. The molecule has 1 aliphatic carbocycles. The van der Waals surface area contributed by atoms with E-state index in [1.807, 2.05) is 66.7 Å². The number of carbonyl (C=O) groups is 1. The zero-order valence-corrected chi connectivity index (χ0v) is 20.7. The van der Waals surface area contributed by atoms with Crippen LogP contribution in [0.25, 0.3) is 16.8 Å². The van der Waals surface area contributed by atoms with Gasteiger partial charge in [0, 0.05) is 29.2 Å². The van der Waals surface area contributed by atoms with Gasteiger partial charge in [0.25, 0.3) is 5.91 Å². The standard InChI is InChI=1S/C29H28ClN3O3/c30-25-12-8-21(9-13-25)18-23-10-11-24(29(23)33-14-16-35-17-15-33)19-31-32-28(34)20-36-27-7-3-5-22-4-1-2-6-26(22)27/h1-9,12-13,18-19H,10-11,14-17,20H2,(H,32,34)/b23-18-,31-19+. The molecule has 0 aromatic heterocycles. The lowest BCUT2D eigenvalue weighted by Gasteiger charge is -2.31. The molecule has 184 valence electrons. The molecule has 7 heteroatoms. The number of allylic oxidation sites excluding steroid dienone is 2. The number of hydrogen-bond acceptors (Lipinski definition) is 5. The maximum Gasteiger partial charge on any atom is 0.277 e. The molecule has 1 N–H and O–H groups in total. The van der Waals surface area contributed by atoms with Crippen LogP contribution in [0.3, 0.4) is 0 Å². The first kappa shape index (κ1) is 24.1. The summed E-state index contributed by atoms with van der Waals surface area (Å²) in [6.45, 7) is 2.95. The summed E-state index contributed by atoms with van der Waals surface area (Å²) in [6, 6.07) is 21.6. The monoisotopic (exact) mass is 501 g/mol. The number of nitrogens with zero attached hydrogens (tertiary/aromatic N) is 2. The van der Waals surface area contributed by atoms with Gasteiger partial charge in [-0.2, -0.15) is 5.10 Å². The van der Waals surface area contributed by atoms with Crippen molar-refractivity contribution in [2.45, 2.75) is 12.8 Å². The van der Waals surface area contributed by atoms with Crippen molar-refractivity contribution in [1.82, 2.24) is 10.3 Å². The number of fused-ring (bicyclic) bond motifs is 1. The van der Waals surface area contributed by atoms with Gasteiger partial charge in [0.15, 0.2) is 6.61 Å². The Balaban J connectivity index is 1.28. The van der Waals surface area contributed by atoms with Gasteiger partial charge in [0.2, 0.25) is 0 Å². The zero-order chi connectivity index (χ0) is 24.7. The Hall–Kier alpha value is -3.61. The molecule has 6 nitrogen and oxygen atoms in total. The topological polar surface area (TPSA) is 63.2 Å². The fourth-order valence-corrected chi connectivity index (χ4v) is 4.74. The molecule has 0 atom stereocenters. The lowest BCUT2D eigenvalue weighted by Crippen LogP contribution is -2.36. The van der Waals surface area contributed by atoms with Gasteiger partial charge in [-0.1, -0.05) is 60.1 Å². The fraction of sp³-hybridized carbons (Fsp3) is 0.241. The van der Waals surface area contributed by atoms with E-state index in [1.165, 1.54) is 11.3 Å². The second-order valence-electron chi connectivity index (χ2n) is 8.75. The summed E-state index contributed by atoms with van der Waals surface area (Å²) in [4.78, 5) is 14.8. The number of halogens is 1. The molecule has 0 spiro atoms. The summed E-state index contributed by atoms with van der Waals surface area (Å²) in [7, 11) is 0. The van der Waals surface area contributed by atoms with Gasteiger partial charge in [-0.3, -0.25) is 4.79 Å². The molecule has 3 aromatic rings. The summed E-state index contributed by atoms with van der Waals surface area (Å²) in [5.74, 6) is 0.375. The Labute approximate surface area is 215 Å². The lowest BCUT2D eigenvalue weighted by atomic mass is 10.1. The molecule has 0 unspecified atom stereocenters. The van der Waals surface area contributed by atoms with Gasteiger partial charge in [0.05, 0.1) is 19.4 Å².